The summed E-state index contributed by atoms with van der Waals surface area (Å²) in [6.07, 6.45) is 0. The van der Waals surface area contributed by atoms with Gasteiger partial charge in [0.15, 0.2) is 0 Å². The molecule has 1 aliphatic heterocycles. The van der Waals surface area contributed by atoms with Gasteiger partial charge < -0.3 is 15.1 Å². The summed E-state index contributed by atoms with van der Waals surface area (Å²) in [7, 11) is 0. The molecule has 0 radical (unpaired) electrons. The standard InChI is InChI=1S/C11H19N5O/c1-7-6-17-5-4-16(7)11-8(2)10(15-12)13-9(3)14-11/h7H,4-6,12H2,1-3H3,(H,13,14,15). The maximum atomic E-state index is 5.47. The summed E-state index contributed by atoms with van der Waals surface area (Å²) in [6, 6.07) is 0.322. The minimum atomic E-state index is 0.322. The van der Waals surface area contributed by atoms with Crippen LogP contribution in [-0.4, -0.2) is 35.8 Å². The molecule has 1 aliphatic rings. The minimum absolute atomic E-state index is 0.322. The van der Waals surface area contributed by atoms with Gasteiger partial charge in [0.25, 0.3) is 0 Å². The number of hydrogen-bond acceptors (Lipinski definition) is 6. The van der Waals surface area contributed by atoms with Crippen molar-refractivity contribution in [2.45, 2.75) is 26.8 Å². The van der Waals surface area contributed by atoms with Crippen LogP contribution in [0.2, 0.25) is 0 Å². The second-order valence-electron chi connectivity index (χ2n) is 4.33. The van der Waals surface area contributed by atoms with E-state index in [2.05, 4.69) is 27.2 Å². The summed E-state index contributed by atoms with van der Waals surface area (Å²) in [4.78, 5) is 11.0. The first-order chi connectivity index (χ1) is 8.13. The lowest BCUT2D eigenvalue weighted by atomic mass is 10.2. The van der Waals surface area contributed by atoms with Crippen LogP contribution in [0.3, 0.4) is 0 Å². The number of aromatic nitrogens is 2. The number of rotatable bonds is 2. The van der Waals surface area contributed by atoms with Gasteiger partial charge in [0.1, 0.15) is 17.5 Å². The Balaban J connectivity index is 2.39. The van der Waals surface area contributed by atoms with Crippen LogP contribution >= 0.6 is 0 Å². The van der Waals surface area contributed by atoms with E-state index in [1.807, 2.05) is 13.8 Å². The number of ether oxygens (including phenoxy) is 1. The van der Waals surface area contributed by atoms with Gasteiger partial charge in [-0.3, -0.25) is 0 Å². The molecular formula is C11H19N5O. The smallest absolute Gasteiger partial charge is 0.148 e. The third-order valence-corrected chi connectivity index (χ3v) is 3.01. The van der Waals surface area contributed by atoms with Gasteiger partial charge in [0.2, 0.25) is 0 Å². The third-order valence-electron chi connectivity index (χ3n) is 3.01. The number of anilines is 2. The molecule has 1 aromatic rings. The van der Waals surface area contributed by atoms with Crippen LogP contribution in [0.1, 0.15) is 18.3 Å². The Hall–Kier alpha value is -1.40. The van der Waals surface area contributed by atoms with Gasteiger partial charge in [-0.15, -0.1) is 0 Å². The van der Waals surface area contributed by atoms with E-state index in [9.17, 15) is 0 Å². The zero-order chi connectivity index (χ0) is 12.4. The first-order valence-corrected chi connectivity index (χ1v) is 5.79. The van der Waals surface area contributed by atoms with Crippen molar-refractivity contribution in [2.24, 2.45) is 5.84 Å². The van der Waals surface area contributed by atoms with Gasteiger partial charge in [-0.05, 0) is 20.8 Å². The highest BCUT2D eigenvalue weighted by Crippen LogP contribution is 2.25. The summed E-state index contributed by atoms with van der Waals surface area (Å²) in [5.41, 5.74) is 3.60. The largest absolute Gasteiger partial charge is 0.377 e. The number of nitrogens with two attached hydrogens (primary N) is 1. The van der Waals surface area contributed by atoms with Crippen LogP contribution in [0.15, 0.2) is 0 Å². The Bertz CT molecular complexity index is 409. The fourth-order valence-electron chi connectivity index (χ4n) is 2.08. The molecule has 1 atom stereocenters. The minimum Gasteiger partial charge on any atom is -0.377 e. The molecule has 0 aliphatic carbocycles. The molecule has 2 rings (SSSR count). The molecule has 0 amide bonds. The molecule has 1 saturated heterocycles. The van der Waals surface area contributed by atoms with Crippen LogP contribution in [0.25, 0.3) is 0 Å². The van der Waals surface area contributed by atoms with Gasteiger partial charge in [0.05, 0.1) is 19.3 Å². The molecule has 17 heavy (non-hydrogen) atoms. The topological polar surface area (TPSA) is 76.3 Å². The van der Waals surface area contributed by atoms with Gasteiger partial charge in [-0.25, -0.2) is 15.8 Å². The lowest BCUT2D eigenvalue weighted by molar-refractivity contribution is 0.0984. The summed E-state index contributed by atoms with van der Waals surface area (Å²) in [5, 5.41) is 0. The molecule has 6 heteroatoms. The van der Waals surface area contributed by atoms with Gasteiger partial charge in [-0.2, -0.15) is 0 Å². The van der Waals surface area contributed by atoms with Crippen LogP contribution in [0.4, 0.5) is 11.6 Å². The van der Waals surface area contributed by atoms with Crippen molar-refractivity contribution in [3.05, 3.63) is 11.4 Å². The van der Waals surface area contributed by atoms with Gasteiger partial charge in [-0.1, -0.05) is 0 Å². The van der Waals surface area contributed by atoms with Gasteiger partial charge in [0, 0.05) is 12.1 Å². The maximum absolute atomic E-state index is 5.47. The first kappa shape index (κ1) is 12.1. The van der Waals surface area contributed by atoms with Crippen molar-refractivity contribution in [3.63, 3.8) is 0 Å². The molecule has 3 N–H and O–H groups in total. The summed E-state index contributed by atoms with van der Waals surface area (Å²) >= 11 is 0. The van der Waals surface area contributed by atoms with Crippen LogP contribution < -0.4 is 16.2 Å². The van der Waals surface area contributed by atoms with Crippen LogP contribution in [0.5, 0.6) is 0 Å². The van der Waals surface area contributed by atoms with E-state index in [1.165, 1.54) is 0 Å². The quantitative estimate of drug-likeness (QED) is 0.579. The van der Waals surface area contributed by atoms with E-state index in [0.717, 1.165) is 37.0 Å². The number of nitrogens with zero attached hydrogens (tertiary/aromatic N) is 3. The average molecular weight is 237 g/mol. The molecule has 1 unspecified atom stereocenters. The van der Waals surface area contributed by atoms with E-state index in [4.69, 9.17) is 10.6 Å². The maximum Gasteiger partial charge on any atom is 0.148 e. The predicted octanol–water partition coefficient (Wildman–Crippen LogP) is 0.604. The number of aryl methyl sites for hydroxylation is 1. The Morgan fingerprint density at radius 3 is 2.82 bits per heavy atom. The third kappa shape index (κ3) is 2.32. The number of hydrogen-bond donors (Lipinski definition) is 2. The van der Waals surface area contributed by atoms with Crippen molar-refractivity contribution in [1.29, 1.82) is 0 Å². The molecule has 6 nitrogen and oxygen atoms in total. The Morgan fingerprint density at radius 1 is 1.41 bits per heavy atom. The number of nitrogen functional groups attached to an aromatic ring is 1. The van der Waals surface area contributed by atoms with Crippen molar-refractivity contribution >= 4 is 11.6 Å². The van der Waals surface area contributed by atoms with Gasteiger partial charge >= 0.3 is 0 Å². The van der Waals surface area contributed by atoms with Crippen LogP contribution in [-0.2, 0) is 4.74 Å². The molecule has 2 heterocycles. The van der Waals surface area contributed by atoms with Crippen molar-refractivity contribution in [2.75, 3.05) is 30.1 Å². The zero-order valence-corrected chi connectivity index (χ0v) is 10.5. The molecule has 94 valence electrons. The molecule has 0 aromatic carbocycles. The van der Waals surface area contributed by atoms with E-state index >= 15 is 0 Å². The lowest BCUT2D eigenvalue weighted by Crippen LogP contribution is -2.44. The number of hydrazine groups is 1. The van der Waals surface area contributed by atoms with E-state index in [1.54, 1.807) is 0 Å². The molecular weight excluding hydrogens is 218 g/mol. The molecule has 0 spiro atoms. The predicted molar refractivity (Wildman–Crippen MR) is 66.9 cm³/mol. The van der Waals surface area contributed by atoms with Crippen molar-refractivity contribution < 1.29 is 4.74 Å². The first-order valence-electron chi connectivity index (χ1n) is 5.79. The highest BCUT2D eigenvalue weighted by Gasteiger charge is 2.23. The highest BCUT2D eigenvalue weighted by atomic mass is 16.5. The van der Waals surface area contributed by atoms with E-state index in [0.29, 0.717) is 11.9 Å². The second kappa shape index (κ2) is 4.85. The Labute approximate surface area is 101 Å². The average Bonchev–Trinajstić information content (AvgIpc) is 2.32. The van der Waals surface area contributed by atoms with Crippen LogP contribution in [0, 0.1) is 13.8 Å². The number of nitrogens with one attached hydrogen (secondary N) is 1. The zero-order valence-electron chi connectivity index (χ0n) is 10.5. The fraction of sp³-hybridized carbons (Fsp3) is 0.636. The van der Waals surface area contributed by atoms with E-state index < -0.39 is 0 Å². The second-order valence-corrected chi connectivity index (χ2v) is 4.33. The molecule has 0 saturated carbocycles. The Kier molecular flexibility index (Phi) is 3.44. The SMILES string of the molecule is Cc1nc(NN)c(C)c(N2CCOCC2C)n1. The molecule has 0 bridgehead atoms. The normalized spacial score (nSPS) is 20.5. The monoisotopic (exact) mass is 237 g/mol. The highest BCUT2D eigenvalue weighted by molar-refractivity contribution is 5.58. The fourth-order valence-corrected chi connectivity index (χ4v) is 2.08. The number of morpholine rings is 1. The summed E-state index contributed by atoms with van der Waals surface area (Å²) in [5.74, 6) is 7.82. The summed E-state index contributed by atoms with van der Waals surface area (Å²) in [6.45, 7) is 8.29. The molecule has 1 fully saturated rings. The molecule has 1 aromatic heterocycles. The van der Waals surface area contributed by atoms with E-state index in [-0.39, 0.29) is 0 Å². The summed E-state index contributed by atoms with van der Waals surface area (Å²) < 4.78 is 5.43. The lowest BCUT2D eigenvalue weighted by Gasteiger charge is -2.35. The van der Waals surface area contributed by atoms with Crippen molar-refractivity contribution in [1.82, 2.24) is 9.97 Å². The Morgan fingerprint density at radius 2 is 2.18 bits per heavy atom. The van der Waals surface area contributed by atoms with Crippen molar-refractivity contribution in [3.8, 4) is 0 Å².